The lowest BCUT2D eigenvalue weighted by molar-refractivity contribution is 0.0848. The first-order valence-electron chi connectivity index (χ1n) is 13.4. The lowest BCUT2D eigenvalue weighted by Gasteiger charge is -2.28. The van der Waals surface area contributed by atoms with Crippen LogP contribution < -0.4 is 15.2 Å². The van der Waals surface area contributed by atoms with Gasteiger partial charge in [-0.15, -0.1) is 0 Å². The van der Waals surface area contributed by atoms with Gasteiger partial charge in [-0.1, -0.05) is 12.8 Å². The van der Waals surface area contributed by atoms with E-state index in [9.17, 15) is 10.5 Å². The minimum atomic E-state index is -1.08. The molecule has 4 rings (SSSR count). The van der Waals surface area contributed by atoms with Crippen molar-refractivity contribution in [2.24, 2.45) is 18.9 Å². The fraction of sp³-hybridized carbons (Fsp3) is 0.536. The highest BCUT2D eigenvalue weighted by atomic mass is 16.5. The molecular weight excluding hydrogens is 510 g/mol. The number of methoxy groups -OCH3 is 1. The van der Waals surface area contributed by atoms with Crippen molar-refractivity contribution < 1.29 is 14.2 Å². The van der Waals surface area contributed by atoms with Gasteiger partial charge in [0.05, 0.1) is 37.4 Å². The van der Waals surface area contributed by atoms with E-state index in [4.69, 9.17) is 19.9 Å². The van der Waals surface area contributed by atoms with Crippen LogP contribution in [0.25, 0.3) is 11.3 Å². The normalized spacial score (nSPS) is 17.6. The minimum absolute atomic E-state index is 0.113. The number of nitrogens with two attached hydrogens (primary N) is 1. The number of hydrogen-bond acceptors (Lipinski definition) is 11. The first-order chi connectivity index (χ1) is 19.4. The highest BCUT2D eigenvalue weighted by Crippen LogP contribution is 2.33. The smallest absolute Gasteiger partial charge is 0.320 e. The number of nitrogens with zero attached hydrogens (tertiary/aromatic N) is 8. The molecule has 1 saturated carbocycles. The lowest BCUT2D eigenvalue weighted by atomic mass is 9.80. The molecule has 0 amide bonds. The Bertz CT molecular complexity index is 1340. The molecule has 3 heterocycles. The molecule has 3 aromatic rings. The summed E-state index contributed by atoms with van der Waals surface area (Å²) in [5.74, 6) is 1.49. The standard InChI is InChI=1S/C28H35N9O3/c1-18(15-38-3)40-28-35-25(34-27(36-28)22(11-29)12-30)9-8-19-4-6-20(7-5-19)16-39-24-10-21(13-32-26(24)31)23-14-37(2)17-33-23/h10,13-14,17-20,22H,4-9,15-16H2,1-3H3,(H2,31,32)/t18-,19?,20?/m1/s1. The fourth-order valence-electron chi connectivity index (χ4n) is 4.80. The molecule has 1 atom stereocenters. The fourth-order valence-corrected chi connectivity index (χ4v) is 4.80. The van der Waals surface area contributed by atoms with Crippen LogP contribution in [0.4, 0.5) is 5.82 Å². The van der Waals surface area contributed by atoms with Crippen molar-refractivity contribution in [3.63, 3.8) is 0 Å². The number of nitriles is 2. The second kappa shape index (κ2) is 13.7. The second-order valence-electron chi connectivity index (χ2n) is 10.2. The molecule has 40 heavy (non-hydrogen) atoms. The summed E-state index contributed by atoms with van der Waals surface area (Å²) in [6.45, 7) is 2.79. The molecule has 2 N–H and O–H groups in total. The Morgan fingerprint density at radius 3 is 2.52 bits per heavy atom. The molecule has 3 aromatic heterocycles. The Kier molecular flexibility index (Phi) is 9.81. The Labute approximate surface area is 234 Å². The quantitative estimate of drug-likeness (QED) is 0.352. The number of aryl methyl sites for hydroxylation is 2. The third-order valence-electron chi connectivity index (χ3n) is 7.00. The summed E-state index contributed by atoms with van der Waals surface area (Å²) in [6, 6.07) is 5.87. The summed E-state index contributed by atoms with van der Waals surface area (Å²) in [5, 5.41) is 18.7. The summed E-state index contributed by atoms with van der Waals surface area (Å²) >= 11 is 0. The average molecular weight is 546 g/mol. The minimum Gasteiger partial charge on any atom is -0.489 e. The van der Waals surface area contributed by atoms with Crippen LogP contribution in [0.5, 0.6) is 11.8 Å². The first kappa shape index (κ1) is 28.7. The van der Waals surface area contributed by atoms with Crippen molar-refractivity contribution in [3.8, 4) is 35.2 Å². The Morgan fingerprint density at radius 2 is 1.85 bits per heavy atom. The zero-order valence-electron chi connectivity index (χ0n) is 23.2. The molecule has 0 unspecified atom stereocenters. The van der Waals surface area contributed by atoms with E-state index in [2.05, 4.69) is 24.9 Å². The van der Waals surface area contributed by atoms with Gasteiger partial charge in [-0.2, -0.15) is 20.5 Å². The van der Waals surface area contributed by atoms with Gasteiger partial charge in [-0.3, -0.25) is 0 Å². The van der Waals surface area contributed by atoms with Crippen molar-refractivity contribution in [3.05, 3.63) is 36.4 Å². The van der Waals surface area contributed by atoms with Crippen LogP contribution in [0.15, 0.2) is 24.8 Å². The van der Waals surface area contributed by atoms with E-state index in [1.54, 1.807) is 19.6 Å². The number of rotatable bonds is 12. The summed E-state index contributed by atoms with van der Waals surface area (Å²) in [7, 11) is 3.51. The summed E-state index contributed by atoms with van der Waals surface area (Å²) in [5.41, 5.74) is 7.77. The van der Waals surface area contributed by atoms with E-state index in [0.29, 0.717) is 48.9 Å². The van der Waals surface area contributed by atoms with Gasteiger partial charge in [0.1, 0.15) is 11.9 Å². The zero-order chi connectivity index (χ0) is 28.5. The molecule has 210 valence electrons. The first-order valence-corrected chi connectivity index (χ1v) is 13.4. The Hall–Kier alpha value is -4.29. The summed E-state index contributed by atoms with van der Waals surface area (Å²) in [6.07, 6.45) is 10.9. The number of pyridine rings is 1. The number of hydrogen-bond donors (Lipinski definition) is 1. The molecule has 0 spiro atoms. The third-order valence-corrected chi connectivity index (χ3v) is 7.00. The van der Waals surface area contributed by atoms with E-state index in [-0.39, 0.29) is 17.9 Å². The van der Waals surface area contributed by atoms with Crippen molar-refractivity contribution in [2.75, 3.05) is 26.1 Å². The molecular formula is C28H35N9O3. The van der Waals surface area contributed by atoms with Crippen LogP contribution in [0, 0.1) is 34.5 Å². The Morgan fingerprint density at radius 1 is 1.10 bits per heavy atom. The number of ether oxygens (including phenoxy) is 3. The monoisotopic (exact) mass is 545 g/mol. The molecule has 0 radical (unpaired) electrons. The molecule has 0 aliphatic heterocycles. The second-order valence-corrected chi connectivity index (χ2v) is 10.2. The SMILES string of the molecule is COC[C@@H](C)Oc1nc(CCC2CCC(COc3cc(-c4cn(C)cn4)cnc3N)CC2)nc(C(C#N)C#N)n1. The van der Waals surface area contributed by atoms with Crippen LogP contribution in [0.3, 0.4) is 0 Å². The highest BCUT2D eigenvalue weighted by molar-refractivity contribution is 5.63. The van der Waals surface area contributed by atoms with E-state index in [1.807, 2.05) is 42.9 Å². The van der Waals surface area contributed by atoms with Gasteiger partial charge in [-0.05, 0) is 44.1 Å². The molecule has 1 aliphatic rings. The number of imidazole rings is 1. The van der Waals surface area contributed by atoms with Crippen LogP contribution in [-0.4, -0.2) is 55.9 Å². The van der Waals surface area contributed by atoms with Crippen molar-refractivity contribution in [2.45, 2.75) is 57.5 Å². The number of nitrogen functional groups attached to an aromatic ring is 1. The maximum absolute atomic E-state index is 9.33. The van der Waals surface area contributed by atoms with Crippen LogP contribution in [0.2, 0.25) is 0 Å². The summed E-state index contributed by atoms with van der Waals surface area (Å²) in [4.78, 5) is 21.7. The van der Waals surface area contributed by atoms with Gasteiger partial charge in [-0.25, -0.2) is 15.0 Å². The maximum atomic E-state index is 9.33. The number of anilines is 1. The average Bonchev–Trinajstić information content (AvgIpc) is 3.39. The Balaban J connectivity index is 1.30. The topological polar surface area (TPSA) is 171 Å². The van der Waals surface area contributed by atoms with Crippen LogP contribution >= 0.6 is 0 Å². The predicted octanol–water partition coefficient (Wildman–Crippen LogP) is 3.61. The number of aromatic nitrogens is 6. The molecule has 0 bridgehead atoms. The van der Waals surface area contributed by atoms with Gasteiger partial charge in [0.15, 0.2) is 23.3 Å². The predicted molar refractivity (Wildman–Crippen MR) is 146 cm³/mol. The lowest BCUT2D eigenvalue weighted by Crippen LogP contribution is -2.22. The van der Waals surface area contributed by atoms with Crippen molar-refractivity contribution in [1.29, 1.82) is 10.5 Å². The van der Waals surface area contributed by atoms with E-state index < -0.39 is 5.92 Å². The van der Waals surface area contributed by atoms with Crippen LogP contribution in [0.1, 0.15) is 56.6 Å². The molecule has 1 aliphatic carbocycles. The van der Waals surface area contributed by atoms with Gasteiger partial charge in [0, 0.05) is 38.5 Å². The molecule has 1 fully saturated rings. The third kappa shape index (κ3) is 7.64. The zero-order valence-corrected chi connectivity index (χ0v) is 23.2. The van der Waals surface area contributed by atoms with Crippen molar-refractivity contribution in [1.82, 2.24) is 29.5 Å². The van der Waals surface area contributed by atoms with E-state index in [0.717, 1.165) is 43.4 Å². The largest absolute Gasteiger partial charge is 0.489 e. The maximum Gasteiger partial charge on any atom is 0.320 e. The molecule has 12 heteroatoms. The summed E-state index contributed by atoms with van der Waals surface area (Å²) < 4.78 is 18.8. The van der Waals surface area contributed by atoms with Gasteiger partial charge in [0.25, 0.3) is 0 Å². The van der Waals surface area contributed by atoms with Gasteiger partial charge in [0.2, 0.25) is 0 Å². The molecule has 0 aromatic carbocycles. The highest BCUT2D eigenvalue weighted by Gasteiger charge is 2.24. The van der Waals surface area contributed by atoms with E-state index >= 15 is 0 Å². The molecule has 0 saturated heterocycles. The van der Waals surface area contributed by atoms with Crippen molar-refractivity contribution >= 4 is 5.82 Å². The molecule has 12 nitrogen and oxygen atoms in total. The van der Waals surface area contributed by atoms with Crippen LogP contribution in [-0.2, 0) is 18.2 Å². The van der Waals surface area contributed by atoms with E-state index in [1.165, 1.54) is 0 Å². The van der Waals surface area contributed by atoms with Gasteiger partial charge < -0.3 is 24.5 Å². The van der Waals surface area contributed by atoms with Gasteiger partial charge >= 0.3 is 6.01 Å².